The Balaban J connectivity index is 0.00000280. The minimum absolute atomic E-state index is 0. The molecule has 1 heterocycles. The highest BCUT2D eigenvalue weighted by atomic mass is 127. The minimum Gasteiger partial charge on any atom is -0.492 e. The molecular weight excluding hydrogens is 465 g/mol. The van der Waals surface area contributed by atoms with Gasteiger partial charge in [-0.3, -0.25) is 4.99 Å². The summed E-state index contributed by atoms with van der Waals surface area (Å²) in [4.78, 5) is 14.2. The summed E-state index contributed by atoms with van der Waals surface area (Å²) < 4.78 is 5.70. The van der Waals surface area contributed by atoms with Gasteiger partial charge in [0.1, 0.15) is 18.2 Å². The molecule has 0 fully saturated rings. The topological polar surface area (TPSA) is 65.5 Å². The van der Waals surface area contributed by atoms with Gasteiger partial charge in [0.05, 0.1) is 25.0 Å². The second-order valence-corrected chi connectivity index (χ2v) is 6.10. The molecule has 0 aliphatic rings. The molecule has 6 nitrogen and oxygen atoms in total. The van der Waals surface area contributed by atoms with Crippen LogP contribution in [-0.4, -0.2) is 48.1 Å². The van der Waals surface area contributed by atoms with E-state index in [1.54, 1.807) is 7.05 Å². The molecule has 0 amide bonds. The number of nitrogens with one attached hydrogen (secondary N) is 2. The molecule has 1 aromatic heterocycles. The summed E-state index contributed by atoms with van der Waals surface area (Å²) in [6.07, 6.45) is 1.86. The first-order chi connectivity index (χ1) is 13.3. The fourth-order valence-electron chi connectivity index (χ4n) is 2.74. The van der Waals surface area contributed by atoms with Crippen LogP contribution in [0.2, 0.25) is 0 Å². The molecule has 0 aliphatic carbocycles. The highest BCUT2D eigenvalue weighted by Gasteiger charge is 2.09. The molecule has 0 aliphatic heterocycles. The zero-order chi connectivity index (χ0) is 18.9. The Hall–Kier alpha value is -2.55. The monoisotopic (exact) mass is 491 g/mol. The predicted molar refractivity (Wildman–Crippen MR) is 124 cm³/mol. The number of hydrogen-bond donors (Lipinski definition) is 2. The molecule has 0 bridgehead atoms. The van der Waals surface area contributed by atoms with Gasteiger partial charge >= 0.3 is 0 Å². The quantitative estimate of drug-likeness (QED) is 0.229. The molecule has 28 heavy (non-hydrogen) atoms. The third-order valence-corrected chi connectivity index (χ3v) is 4.07. The van der Waals surface area contributed by atoms with E-state index in [9.17, 15) is 0 Å². The second-order valence-electron chi connectivity index (χ2n) is 6.10. The van der Waals surface area contributed by atoms with Crippen LogP contribution >= 0.6 is 24.0 Å². The lowest BCUT2D eigenvalue weighted by atomic mass is 10.2. The van der Waals surface area contributed by atoms with Crippen molar-refractivity contribution in [1.29, 1.82) is 0 Å². The molecule has 3 aromatic rings. The first kappa shape index (κ1) is 21.7. The number of ether oxygens (including phenoxy) is 1. The van der Waals surface area contributed by atoms with Crippen LogP contribution in [-0.2, 0) is 6.54 Å². The Bertz CT molecular complexity index is 852. The number of aromatic amines is 1. The summed E-state index contributed by atoms with van der Waals surface area (Å²) in [7, 11) is 3.76. The van der Waals surface area contributed by atoms with Crippen molar-refractivity contribution in [1.82, 2.24) is 20.2 Å². The molecule has 148 valence electrons. The Labute approximate surface area is 183 Å². The Kier molecular flexibility index (Phi) is 8.80. The van der Waals surface area contributed by atoms with Gasteiger partial charge in [-0.25, -0.2) is 4.98 Å². The Morgan fingerprint density at radius 2 is 1.79 bits per heavy atom. The maximum absolute atomic E-state index is 5.70. The van der Waals surface area contributed by atoms with Crippen molar-refractivity contribution in [3.8, 4) is 17.0 Å². The highest BCUT2D eigenvalue weighted by Crippen LogP contribution is 2.16. The molecular formula is C21H26IN5O. The minimum atomic E-state index is 0. The van der Waals surface area contributed by atoms with Gasteiger partial charge in [-0.2, -0.15) is 0 Å². The van der Waals surface area contributed by atoms with Crippen LogP contribution in [0.15, 0.2) is 71.9 Å². The van der Waals surface area contributed by atoms with Crippen LogP contribution < -0.4 is 10.1 Å². The van der Waals surface area contributed by atoms with Crippen LogP contribution in [0, 0.1) is 0 Å². The first-order valence-electron chi connectivity index (χ1n) is 8.95. The number of rotatable bonds is 7. The van der Waals surface area contributed by atoms with E-state index in [0.717, 1.165) is 28.8 Å². The van der Waals surface area contributed by atoms with Crippen molar-refractivity contribution in [2.24, 2.45) is 4.99 Å². The number of aromatic nitrogens is 2. The van der Waals surface area contributed by atoms with E-state index in [-0.39, 0.29) is 24.0 Å². The van der Waals surface area contributed by atoms with Gasteiger partial charge in [0.2, 0.25) is 0 Å². The van der Waals surface area contributed by atoms with Crippen LogP contribution in [0.5, 0.6) is 5.75 Å². The SMILES string of the molecule is CN=C(NCCOc1ccccc1)N(C)Cc1ncc(-c2ccccc2)[nH]1.I. The van der Waals surface area contributed by atoms with Gasteiger partial charge < -0.3 is 19.9 Å². The van der Waals surface area contributed by atoms with Gasteiger partial charge in [-0.15, -0.1) is 24.0 Å². The van der Waals surface area contributed by atoms with Crippen molar-refractivity contribution < 1.29 is 4.74 Å². The summed E-state index contributed by atoms with van der Waals surface area (Å²) in [6.45, 7) is 1.86. The lowest BCUT2D eigenvalue weighted by Gasteiger charge is -2.21. The average Bonchev–Trinajstić information content (AvgIpc) is 3.18. The lowest BCUT2D eigenvalue weighted by Crippen LogP contribution is -2.40. The molecule has 2 aromatic carbocycles. The average molecular weight is 491 g/mol. The Morgan fingerprint density at radius 1 is 1.11 bits per heavy atom. The van der Waals surface area contributed by atoms with Gasteiger partial charge in [-0.05, 0) is 17.7 Å². The molecule has 0 radical (unpaired) electrons. The van der Waals surface area contributed by atoms with Crippen molar-refractivity contribution in [2.45, 2.75) is 6.54 Å². The number of hydrogen-bond acceptors (Lipinski definition) is 3. The highest BCUT2D eigenvalue weighted by molar-refractivity contribution is 14.0. The number of imidazole rings is 1. The van der Waals surface area contributed by atoms with E-state index in [1.807, 2.05) is 66.7 Å². The van der Waals surface area contributed by atoms with Crippen LogP contribution in [0.25, 0.3) is 11.3 Å². The summed E-state index contributed by atoms with van der Waals surface area (Å²) in [5.41, 5.74) is 2.14. The van der Waals surface area contributed by atoms with E-state index >= 15 is 0 Å². The lowest BCUT2D eigenvalue weighted by molar-refractivity contribution is 0.319. The van der Waals surface area contributed by atoms with Crippen molar-refractivity contribution >= 4 is 29.9 Å². The van der Waals surface area contributed by atoms with E-state index in [4.69, 9.17) is 4.74 Å². The summed E-state index contributed by atoms with van der Waals surface area (Å²) in [5, 5.41) is 3.31. The van der Waals surface area contributed by atoms with E-state index in [2.05, 4.69) is 32.4 Å². The fourth-order valence-corrected chi connectivity index (χ4v) is 2.74. The van der Waals surface area contributed by atoms with Gasteiger partial charge in [0.15, 0.2) is 5.96 Å². The van der Waals surface area contributed by atoms with Gasteiger partial charge in [-0.1, -0.05) is 48.5 Å². The number of para-hydroxylation sites is 1. The largest absolute Gasteiger partial charge is 0.492 e. The molecule has 7 heteroatoms. The molecule has 0 saturated carbocycles. The number of aliphatic imine (C=N–C) groups is 1. The van der Waals surface area contributed by atoms with E-state index in [1.165, 1.54) is 0 Å². The molecule has 0 atom stereocenters. The molecule has 0 saturated heterocycles. The normalized spacial score (nSPS) is 10.9. The summed E-state index contributed by atoms with van der Waals surface area (Å²) in [6, 6.07) is 20.0. The molecule has 0 spiro atoms. The van der Waals surface area contributed by atoms with E-state index < -0.39 is 0 Å². The first-order valence-corrected chi connectivity index (χ1v) is 8.95. The third-order valence-electron chi connectivity index (χ3n) is 4.07. The van der Waals surface area contributed by atoms with E-state index in [0.29, 0.717) is 19.7 Å². The second kappa shape index (κ2) is 11.3. The fraction of sp³-hybridized carbons (Fsp3) is 0.238. The summed E-state index contributed by atoms with van der Waals surface area (Å²) in [5.74, 6) is 2.55. The molecule has 0 unspecified atom stereocenters. The standard InChI is InChI=1S/C21H25N5O.HI/c1-22-21(23-13-14-27-18-11-7-4-8-12-18)26(2)16-20-24-15-19(25-20)17-9-5-3-6-10-17;/h3-12,15H,13-14,16H2,1-2H3,(H,22,23)(H,24,25);1H. The maximum atomic E-state index is 5.70. The Morgan fingerprint density at radius 3 is 2.46 bits per heavy atom. The number of benzene rings is 2. The summed E-state index contributed by atoms with van der Waals surface area (Å²) >= 11 is 0. The van der Waals surface area contributed by atoms with Crippen LogP contribution in [0.1, 0.15) is 5.82 Å². The predicted octanol–water partition coefficient (Wildman–Crippen LogP) is 3.78. The maximum Gasteiger partial charge on any atom is 0.193 e. The number of guanidine groups is 1. The van der Waals surface area contributed by atoms with Gasteiger partial charge in [0, 0.05) is 14.1 Å². The zero-order valence-corrected chi connectivity index (χ0v) is 18.5. The van der Waals surface area contributed by atoms with Gasteiger partial charge in [0.25, 0.3) is 0 Å². The number of H-pyrrole nitrogens is 1. The smallest absolute Gasteiger partial charge is 0.193 e. The van der Waals surface area contributed by atoms with Crippen LogP contribution in [0.3, 0.4) is 0 Å². The van der Waals surface area contributed by atoms with Crippen molar-refractivity contribution in [3.05, 3.63) is 72.7 Å². The molecule has 2 N–H and O–H groups in total. The number of halogens is 1. The molecule has 3 rings (SSSR count). The van der Waals surface area contributed by atoms with Crippen molar-refractivity contribution in [3.63, 3.8) is 0 Å². The number of nitrogens with zero attached hydrogens (tertiary/aromatic N) is 3. The zero-order valence-electron chi connectivity index (χ0n) is 16.1. The van der Waals surface area contributed by atoms with Crippen LogP contribution in [0.4, 0.5) is 0 Å². The third kappa shape index (κ3) is 6.26. The van der Waals surface area contributed by atoms with Crippen molar-refractivity contribution in [2.75, 3.05) is 27.2 Å².